The molecule has 0 aliphatic carbocycles. The number of hydrogen-bond donors (Lipinski definition) is 1. The first-order valence-corrected chi connectivity index (χ1v) is 6.19. The van der Waals surface area contributed by atoms with Gasteiger partial charge in [-0.3, -0.25) is 0 Å². The summed E-state index contributed by atoms with van der Waals surface area (Å²) < 4.78 is 5.70. The van der Waals surface area contributed by atoms with Crippen LogP contribution in [-0.2, 0) is 5.41 Å². The van der Waals surface area contributed by atoms with Crippen molar-refractivity contribution in [1.29, 1.82) is 0 Å². The van der Waals surface area contributed by atoms with E-state index in [0.29, 0.717) is 5.92 Å². The zero-order valence-electron chi connectivity index (χ0n) is 11.3. The number of hydrogen-bond acceptors (Lipinski definition) is 2. The number of rotatable bonds is 6. The summed E-state index contributed by atoms with van der Waals surface area (Å²) in [5, 5.41) is 3.48. The maximum absolute atomic E-state index is 5.70. The van der Waals surface area contributed by atoms with Crippen molar-refractivity contribution in [2.24, 2.45) is 5.92 Å². The lowest BCUT2D eigenvalue weighted by atomic mass is 9.86. The largest absolute Gasteiger partial charge is 0.466 e. The van der Waals surface area contributed by atoms with Gasteiger partial charge in [-0.15, -0.1) is 0 Å². The first-order chi connectivity index (χ1) is 7.42. The molecule has 0 bridgehead atoms. The van der Waals surface area contributed by atoms with Crippen LogP contribution in [0.25, 0.3) is 0 Å². The van der Waals surface area contributed by atoms with E-state index in [1.165, 1.54) is 0 Å². The van der Waals surface area contributed by atoms with Crippen LogP contribution in [0.1, 0.15) is 45.6 Å². The highest BCUT2D eigenvalue weighted by atomic mass is 16.3. The molecule has 1 rings (SSSR count). The summed E-state index contributed by atoms with van der Waals surface area (Å²) in [5.41, 5.74) is 0.123. The summed E-state index contributed by atoms with van der Waals surface area (Å²) in [6.45, 7) is 13.1. The van der Waals surface area contributed by atoms with Gasteiger partial charge in [-0.2, -0.15) is 0 Å². The minimum Gasteiger partial charge on any atom is -0.466 e. The monoisotopic (exact) mass is 223 g/mol. The predicted molar refractivity (Wildman–Crippen MR) is 68.8 cm³/mol. The van der Waals surface area contributed by atoms with E-state index in [2.05, 4.69) is 39.1 Å². The van der Waals surface area contributed by atoms with Gasteiger partial charge in [-0.05, 0) is 44.5 Å². The van der Waals surface area contributed by atoms with Gasteiger partial charge in [0, 0.05) is 5.41 Å². The van der Waals surface area contributed by atoms with Crippen LogP contribution in [0.3, 0.4) is 0 Å². The van der Waals surface area contributed by atoms with E-state index in [9.17, 15) is 0 Å². The molecule has 0 aromatic carbocycles. The van der Waals surface area contributed by atoms with E-state index < -0.39 is 0 Å². The van der Waals surface area contributed by atoms with Crippen LogP contribution in [0.2, 0.25) is 0 Å². The molecule has 0 spiro atoms. The summed E-state index contributed by atoms with van der Waals surface area (Å²) in [6.07, 6.45) is 1.10. The molecule has 0 saturated carbocycles. The van der Waals surface area contributed by atoms with Crippen molar-refractivity contribution in [1.82, 2.24) is 5.32 Å². The highest BCUT2D eigenvalue weighted by Gasteiger charge is 2.23. The van der Waals surface area contributed by atoms with Crippen molar-refractivity contribution >= 4 is 0 Å². The smallest absolute Gasteiger partial charge is 0.109 e. The molecule has 1 heterocycles. The fraction of sp³-hybridized carbons (Fsp3) is 0.714. The summed E-state index contributed by atoms with van der Waals surface area (Å²) in [5.74, 6) is 2.81. The minimum absolute atomic E-state index is 0.123. The van der Waals surface area contributed by atoms with E-state index in [1.54, 1.807) is 0 Å². The zero-order chi connectivity index (χ0) is 12.2. The zero-order valence-corrected chi connectivity index (χ0v) is 11.3. The summed E-state index contributed by atoms with van der Waals surface area (Å²) >= 11 is 0. The van der Waals surface area contributed by atoms with Gasteiger partial charge in [0.1, 0.15) is 11.5 Å². The maximum Gasteiger partial charge on any atom is 0.109 e. The lowest BCUT2D eigenvalue weighted by Crippen LogP contribution is -2.27. The second-order valence-corrected chi connectivity index (χ2v) is 5.64. The Bertz CT molecular complexity index is 312. The van der Waals surface area contributed by atoms with Crippen LogP contribution in [0.5, 0.6) is 0 Å². The third kappa shape index (κ3) is 4.01. The molecule has 92 valence electrons. The van der Waals surface area contributed by atoms with Gasteiger partial charge in [0.05, 0.1) is 0 Å². The molecule has 2 nitrogen and oxygen atoms in total. The lowest BCUT2D eigenvalue weighted by Gasteiger charge is -2.22. The van der Waals surface area contributed by atoms with Gasteiger partial charge in [0.25, 0.3) is 0 Å². The van der Waals surface area contributed by atoms with E-state index >= 15 is 0 Å². The van der Waals surface area contributed by atoms with Gasteiger partial charge in [-0.1, -0.05) is 27.7 Å². The molecule has 0 fully saturated rings. The van der Waals surface area contributed by atoms with E-state index in [4.69, 9.17) is 4.42 Å². The molecule has 0 saturated heterocycles. The lowest BCUT2D eigenvalue weighted by molar-refractivity contribution is 0.347. The topological polar surface area (TPSA) is 25.2 Å². The van der Waals surface area contributed by atoms with Crippen molar-refractivity contribution in [3.05, 3.63) is 23.7 Å². The quantitative estimate of drug-likeness (QED) is 0.747. The molecule has 0 amide bonds. The molecule has 16 heavy (non-hydrogen) atoms. The molecule has 1 aromatic rings. The molecule has 1 N–H and O–H groups in total. The standard InChI is InChI=1S/C14H25NO/c1-11(2)10-15-9-8-14(4,5)13-7-6-12(3)16-13/h6-7,11,15H,8-10H2,1-5H3. The molecule has 0 aliphatic heterocycles. The molecule has 0 atom stereocenters. The fourth-order valence-electron chi connectivity index (χ4n) is 1.71. The molecule has 0 aliphatic rings. The van der Waals surface area contributed by atoms with Crippen LogP contribution < -0.4 is 5.32 Å². The Hall–Kier alpha value is -0.760. The minimum atomic E-state index is 0.123. The number of aryl methyl sites for hydroxylation is 1. The molecular weight excluding hydrogens is 198 g/mol. The SMILES string of the molecule is Cc1ccc(C(C)(C)CCNCC(C)C)o1. The Morgan fingerprint density at radius 1 is 1.31 bits per heavy atom. The number of furan rings is 1. The average Bonchev–Trinajstić information content (AvgIpc) is 2.60. The fourth-order valence-corrected chi connectivity index (χ4v) is 1.71. The second-order valence-electron chi connectivity index (χ2n) is 5.64. The van der Waals surface area contributed by atoms with Crippen molar-refractivity contribution < 1.29 is 4.42 Å². The van der Waals surface area contributed by atoms with Crippen LogP contribution in [0.4, 0.5) is 0 Å². The molecule has 1 aromatic heterocycles. The molecule has 0 unspecified atom stereocenters. The Kier molecular flexibility index (Phi) is 4.60. The number of nitrogens with one attached hydrogen (secondary N) is 1. The van der Waals surface area contributed by atoms with Crippen LogP contribution in [-0.4, -0.2) is 13.1 Å². The van der Waals surface area contributed by atoms with Gasteiger partial charge < -0.3 is 9.73 Å². The average molecular weight is 223 g/mol. The van der Waals surface area contributed by atoms with Crippen molar-refractivity contribution in [3.63, 3.8) is 0 Å². The molecular formula is C14H25NO. The van der Waals surface area contributed by atoms with Crippen molar-refractivity contribution in [2.75, 3.05) is 13.1 Å². The Balaban J connectivity index is 2.40. The summed E-state index contributed by atoms with van der Waals surface area (Å²) in [4.78, 5) is 0. The van der Waals surface area contributed by atoms with E-state index in [1.807, 2.05) is 13.0 Å². The van der Waals surface area contributed by atoms with E-state index in [-0.39, 0.29) is 5.41 Å². The van der Waals surface area contributed by atoms with Crippen molar-refractivity contribution in [2.45, 2.75) is 46.5 Å². The third-order valence-corrected chi connectivity index (χ3v) is 2.89. The second kappa shape index (κ2) is 5.53. The van der Waals surface area contributed by atoms with E-state index in [0.717, 1.165) is 31.0 Å². The normalized spacial score (nSPS) is 12.4. The summed E-state index contributed by atoms with van der Waals surface area (Å²) in [7, 11) is 0. The Labute approximate surface area is 99.4 Å². The van der Waals surface area contributed by atoms with Crippen LogP contribution in [0.15, 0.2) is 16.5 Å². The van der Waals surface area contributed by atoms with Crippen LogP contribution in [0, 0.1) is 12.8 Å². The van der Waals surface area contributed by atoms with Gasteiger partial charge in [-0.25, -0.2) is 0 Å². The molecule has 0 radical (unpaired) electrons. The van der Waals surface area contributed by atoms with Crippen LogP contribution >= 0.6 is 0 Å². The van der Waals surface area contributed by atoms with Crippen molar-refractivity contribution in [3.8, 4) is 0 Å². The highest BCUT2D eigenvalue weighted by Crippen LogP contribution is 2.27. The van der Waals surface area contributed by atoms with Gasteiger partial charge >= 0.3 is 0 Å². The predicted octanol–water partition coefficient (Wildman–Crippen LogP) is 3.50. The summed E-state index contributed by atoms with van der Waals surface area (Å²) in [6, 6.07) is 4.14. The first-order valence-electron chi connectivity index (χ1n) is 6.19. The first kappa shape index (κ1) is 13.3. The van der Waals surface area contributed by atoms with Gasteiger partial charge in [0.2, 0.25) is 0 Å². The Morgan fingerprint density at radius 2 is 2.00 bits per heavy atom. The Morgan fingerprint density at radius 3 is 2.50 bits per heavy atom. The highest BCUT2D eigenvalue weighted by molar-refractivity contribution is 5.14. The molecule has 2 heteroatoms. The maximum atomic E-state index is 5.70. The third-order valence-electron chi connectivity index (χ3n) is 2.89. The van der Waals surface area contributed by atoms with Gasteiger partial charge in [0.15, 0.2) is 0 Å².